The van der Waals surface area contributed by atoms with Crippen LogP contribution < -0.4 is 4.90 Å². The van der Waals surface area contributed by atoms with Crippen LogP contribution in [0.1, 0.15) is 21.5 Å². The maximum absolute atomic E-state index is 14.1. The molecule has 0 unspecified atom stereocenters. The van der Waals surface area contributed by atoms with Crippen LogP contribution in [0.3, 0.4) is 0 Å². The van der Waals surface area contributed by atoms with Gasteiger partial charge in [0, 0.05) is 31.7 Å². The van der Waals surface area contributed by atoms with Crippen molar-refractivity contribution in [2.75, 3.05) is 31.1 Å². The van der Waals surface area contributed by atoms with Crippen molar-refractivity contribution in [3.63, 3.8) is 0 Å². The Labute approximate surface area is 144 Å². The second kappa shape index (κ2) is 6.89. The zero-order chi connectivity index (χ0) is 18.0. The number of benzene rings is 2. The highest BCUT2D eigenvalue weighted by molar-refractivity contribution is 5.94. The summed E-state index contributed by atoms with van der Waals surface area (Å²) in [5.41, 5.74) is 1.52. The molecule has 2 aromatic rings. The van der Waals surface area contributed by atoms with Crippen LogP contribution in [-0.4, -0.2) is 37.0 Å². The summed E-state index contributed by atoms with van der Waals surface area (Å²) in [5, 5.41) is 8.80. The number of hydrogen-bond acceptors (Lipinski definition) is 3. The topological polar surface area (TPSA) is 47.3 Å². The van der Waals surface area contributed by atoms with Crippen LogP contribution in [-0.2, 0) is 0 Å². The van der Waals surface area contributed by atoms with Crippen LogP contribution in [0, 0.1) is 29.9 Å². The van der Waals surface area contributed by atoms with E-state index in [1.54, 1.807) is 36.1 Å². The van der Waals surface area contributed by atoms with E-state index in [0.717, 1.165) is 0 Å². The largest absolute Gasteiger partial charge is 0.366 e. The maximum Gasteiger partial charge on any atom is 0.254 e. The molecule has 4 nitrogen and oxygen atoms in total. The number of aryl methyl sites for hydroxylation is 1. The van der Waals surface area contributed by atoms with Gasteiger partial charge in [-0.3, -0.25) is 4.79 Å². The third-order valence-corrected chi connectivity index (χ3v) is 4.40. The standard InChI is InChI=1S/C19H17F2N3O/c1-13-2-4-15(11-16(13)20)19(25)24-8-6-23(7-9-24)18-5-3-14(12-22)10-17(18)21/h2-5,10-11H,6-9H2,1H3. The van der Waals surface area contributed by atoms with Gasteiger partial charge < -0.3 is 9.80 Å². The molecular formula is C19H17F2N3O. The minimum absolute atomic E-state index is 0.223. The summed E-state index contributed by atoms with van der Waals surface area (Å²) in [7, 11) is 0. The number of piperazine rings is 1. The lowest BCUT2D eigenvalue weighted by Gasteiger charge is -2.36. The lowest BCUT2D eigenvalue weighted by atomic mass is 10.1. The van der Waals surface area contributed by atoms with Crippen molar-refractivity contribution in [1.82, 2.24) is 4.90 Å². The van der Waals surface area contributed by atoms with E-state index in [-0.39, 0.29) is 11.5 Å². The molecule has 0 N–H and O–H groups in total. The minimum Gasteiger partial charge on any atom is -0.366 e. The Bertz CT molecular complexity index is 852. The highest BCUT2D eigenvalue weighted by Crippen LogP contribution is 2.22. The number of amides is 1. The smallest absolute Gasteiger partial charge is 0.254 e. The van der Waals surface area contributed by atoms with Crippen molar-refractivity contribution in [3.8, 4) is 6.07 Å². The quantitative estimate of drug-likeness (QED) is 0.843. The Hall–Kier alpha value is -2.94. The number of hydrogen-bond donors (Lipinski definition) is 0. The first-order chi connectivity index (χ1) is 12.0. The van der Waals surface area contributed by atoms with Crippen LogP contribution in [0.15, 0.2) is 36.4 Å². The molecule has 0 saturated carbocycles. The number of carbonyl (C=O) groups excluding carboxylic acids is 1. The van der Waals surface area contributed by atoms with Gasteiger partial charge in [-0.25, -0.2) is 8.78 Å². The summed E-state index contributed by atoms with van der Waals surface area (Å²) >= 11 is 0. The molecule has 2 aromatic carbocycles. The molecule has 0 atom stereocenters. The Morgan fingerprint density at radius 2 is 1.76 bits per heavy atom. The Kier molecular flexibility index (Phi) is 4.66. The lowest BCUT2D eigenvalue weighted by Crippen LogP contribution is -2.49. The predicted molar refractivity (Wildman–Crippen MR) is 90.4 cm³/mol. The van der Waals surface area contributed by atoms with Gasteiger partial charge in [0.05, 0.1) is 17.3 Å². The van der Waals surface area contributed by atoms with Gasteiger partial charge in [-0.05, 0) is 42.8 Å². The molecule has 0 spiro atoms. The average Bonchev–Trinajstić information content (AvgIpc) is 2.63. The van der Waals surface area contributed by atoms with E-state index in [4.69, 9.17) is 5.26 Å². The lowest BCUT2D eigenvalue weighted by molar-refractivity contribution is 0.0746. The van der Waals surface area contributed by atoms with Gasteiger partial charge in [0.15, 0.2) is 0 Å². The second-order valence-electron chi connectivity index (χ2n) is 6.02. The normalized spacial score (nSPS) is 14.3. The summed E-state index contributed by atoms with van der Waals surface area (Å²) in [6.45, 7) is 3.45. The molecule has 25 heavy (non-hydrogen) atoms. The van der Waals surface area contributed by atoms with Crippen LogP contribution in [0.2, 0.25) is 0 Å². The van der Waals surface area contributed by atoms with Gasteiger partial charge in [-0.1, -0.05) is 6.07 Å². The molecule has 0 aliphatic carbocycles. The maximum atomic E-state index is 14.1. The molecule has 128 valence electrons. The van der Waals surface area contributed by atoms with Crippen LogP contribution in [0.5, 0.6) is 0 Å². The summed E-state index contributed by atoms with van der Waals surface area (Å²) < 4.78 is 27.8. The van der Waals surface area contributed by atoms with Gasteiger partial charge in [-0.2, -0.15) is 5.26 Å². The molecule has 0 aromatic heterocycles. The van der Waals surface area contributed by atoms with Crippen molar-refractivity contribution >= 4 is 11.6 Å². The van der Waals surface area contributed by atoms with E-state index in [1.165, 1.54) is 12.1 Å². The average molecular weight is 341 g/mol. The number of anilines is 1. The monoisotopic (exact) mass is 341 g/mol. The van der Waals surface area contributed by atoms with Crippen LogP contribution >= 0.6 is 0 Å². The van der Waals surface area contributed by atoms with Crippen molar-refractivity contribution in [3.05, 3.63) is 64.7 Å². The molecule has 1 heterocycles. The second-order valence-corrected chi connectivity index (χ2v) is 6.02. The van der Waals surface area contributed by atoms with E-state index >= 15 is 0 Å². The third kappa shape index (κ3) is 3.45. The van der Waals surface area contributed by atoms with Crippen molar-refractivity contribution in [2.24, 2.45) is 0 Å². The highest BCUT2D eigenvalue weighted by atomic mass is 19.1. The van der Waals surface area contributed by atoms with Gasteiger partial charge in [0.2, 0.25) is 0 Å². The third-order valence-electron chi connectivity index (χ3n) is 4.40. The van der Waals surface area contributed by atoms with E-state index in [9.17, 15) is 13.6 Å². The Morgan fingerprint density at radius 1 is 1.04 bits per heavy atom. The van der Waals surface area contributed by atoms with Gasteiger partial charge in [0.1, 0.15) is 11.6 Å². The van der Waals surface area contributed by atoms with E-state index < -0.39 is 11.6 Å². The number of carbonyl (C=O) groups is 1. The van der Waals surface area contributed by atoms with E-state index in [2.05, 4.69) is 0 Å². The van der Waals surface area contributed by atoms with Gasteiger partial charge >= 0.3 is 0 Å². The highest BCUT2D eigenvalue weighted by Gasteiger charge is 2.24. The fraction of sp³-hybridized carbons (Fsp3) is 0.263. The Balaban J connectivity index is 1.68. The SMILES string of the molecule is Cc1ccc(C(=O)N2CCN(c3ccc(C#N)cc3F)CC2)cc1F. The molecule has 3 rings (SSSR count). The number of nitrogens with zero attached hydrogens (tertiary/aromatic N) is 3. The number of nitriles is 1. The summed E-state index contributed by atoms with van der Waals surface area (Å²) in [4.78, 5) is 16.0. The zero-order valence-corrected chi connectivity index (χ0v) is 13.8. The summed E-state index contributed by atoms with van der Waals surface area (Å²) in [6, 6.07) is 10.7. The molecule has 1 fully saturated rings. The molecule has 0 radical (unpaired) electrons. The summed E-state index contributed by atoms with van der Waals surface area (Å²) in [5.74, 6) is -1.07. The number of rotatable bonds is 2. The first kappa shape index (κ1) is 16.9. The fourth-order valence-electron chi connectivity index (χ4n) is 2.89. The molecule has 1 amide bonds. The minimum atomic E-state index is -0.445. The molecule has 6 heteroatoms. The molecule has 1 saturated heterocycles. The van der Waals surface area contributed by atoms with Crippen molar-refractivity contribution in [1.29, 1.82) is 5.26 Å². The molecule has 1 aliphatic rings. The zero-order valence-electron chi connectivity index (χ0n) is 13.8. The first-order valence-corrected chi connectivity index (χ1v) is 7.99. The van der Waals surface area contributed by atoms with Crippen molar-refractivity contribution < 1.29 is 13.6 Å². The van der Waals surface area contributed by atoms with E-state index in [0.29, 0.717) is 43.0 Å². The first-order valence-electron chi connectivity index (χ1n) is 7.99. The fourth-order valence-corrected chi connectivity index (χ4v) is 2.89. The van der Waals surface area contributed by atoms with Crippen LogP contribution in [0.25, 0.3) is 0 Å². The molecule has 0 bridgehead atoms. The molecule has 1 aliphatic heterocycles. The van der Waals surface area contributed by atoms with Crippen LogP contribution in [0.4, 0.5) is 14.5 Å². The van der Waals surface area contributed by atoms with E-state index in [1.807, 2.05) is 11.0 Å². The Morgan fingerprint density at radius 3 is 2.36 bits per heavy atom. The van der Waals surface area contributed by atoms with Gasteiger partial charge in [-0.15, -0.1) is 0 Å². The number of halogens is 2. The molecular weight excluding hydrogens is 324 g/mol. The van der Waals surface area contributed by atoms with Crippen molar-refractivity contribution in [2.45, 2.75) is 6.92 Å². The summed E-state index contributed by atoms with van der Waals surface area (Å²) in [6.07, 6.45) is 0. The predicted octanol–water partition coefficient (Wildman–Crippen LogP) is 3.11. The van der Waals surface area contributed by atoms with Gasteiger partial charge in [0.25, 0.3) is 5.91 Å².